The van der Waals surface area contributed by atoms with Crippen molar-refractivity contribution in [3.8, 4) is 0 Å². The zero-order valence-corrected chi connectivity index (χ0v) is 23.2. The van der Waals surface area contributed by atoms with Crippen molar-refractivity contribution in [3.63, 3.8) is 0 Å². The standard InChI is InChI=1S/C32H25F3N4O5/c33-32(34,35)31(43)44-39(20-21-7-9-23(10-8-21)29(41)37-15-3-4-16-37)27-6-2-1-5-25(27)18-38(19-28(39)40)30(42)24-12-11-22-13-14-36-26(22)17-24/h1-14,17H,15-16,18-20H2/p+1. The predicted molar refractivity (Wildman–Crippen MR) is 154 cm³/mol. The summed E-state index contributed by atoms with van der Waals surface area (Å²) in [6, 6.07) is 19.0. The topological polar surface area (TPSA) is 99.8 Å². The maximum absolute atomic E-state index is 14.1. The number of benzene rings is 3. The first-order valence-electron chi connectivity index (χ1n) is 13.8. The first-order valence-corrected chi connectivity index (χ1v) is 13.8. The van der Waals surface area contributed by atoms with Crippen LogP contribution in [0.5, 0.6) is 0 Å². The molecular formula is C32H26F3N4O5+. The zero-order valence-electron chi connectivity index (χ0n) is 23.2. The lowest BCUT2D eigenvalue weighted by molar-refractivity contribution is -0.235. The Morgan fingerprint density at radius 3 is 2.25 bits per heavy atom. The van der Waals surface area contributed by atoms with Crippen LogP contribution in [0.4, 0.5) is 18.9 Å². The molecule has 1 N–H and O–H groups in total. The molecule has 0 radical (unpaired) electrons. The number of quaternary nitrogens is 1. The SMILES string of the molecule is O=C(c1ccc(C[N+]2(OC(=O)C(F)(F)F)C(=O)CN(C(=O)c3ccc4cc[nH]c4c3)Cc3ccccc32)cc1)N1CC=CC1. The van der Waals surface area contributed by atoms with E-state index in [1.54, 1.807) is 41.4 Å². The van der Waals surface area contributed by atoms with E-state index in [9.17, 15) is 32.3 Å². The molecule has 0 fully saturated rings. The number of hydrogen-bond donors (Lipinski definition) is 1. The smallest absolute Gasteiger partial charge is 0.361 e. The average molecular weight is 604 g/mol. The second-order valence-corrected chi connectivity index (χ2v) is 10.6. The lowest BCUT2D eigenvalue weighted by Crippen LogP contribution is -2.58. The van der Waals surface area contributed by atoms with Crippen LogP contribution in [0.25, 0.3) is 10.9 Å². The van der Waals surface area contributed by atoms with Crippen molar-refractivity contribution in [1.29, 1.82) is 0 Å². The summed E-state index contributed by atoms with van der Waals surface area (Å²) in [4.78, 5) is 63.9. The summed E-state index contributed by atoms with van der Waals surface area (Å²) in [5.41, 5.74) is 1.98. The number of para-hydroxylation sites is 1. The number of halogens is 3. The van der Waals surface area contributed by atoms with Crippen molar-refractivity contribution in [3.05, 3.63) is 113 Å². The second kappa shape index (κ2) is 11.1. The first kappa shape index (κ1) is 28.9. The number of fused-ring (bicyclic) bond motifs is 2. The minimum atomic E-state index is -5.40. The van der Waals surface area contributed by atoms with Gasteiger partial charge in [0, 0.05) is 53.1 Å². The highest BCUT2D eigenvalue weighted by atomic mass is 19.4. The monoisotopic (exact) mass is 603 g/mol. The van der Waals surface area contributed by atoms with Gasteiger partial charge in [0.1, 0.15) is 6.54 Å². The number of amides is 3. The third-order valence-electron chi connectivity index (χ3n) is 7.74. The quantitative estimate of drug-likeness (QED) is 0.259. The third kappa shape index (κ3) is 5.35. The molecule has 224 valence electrons. The molecule has 12 heteroatoms. The highest BCUT2D eigenvalue weighted by molar-refractivity contribution is 6.02. The number of alkyl halides is 3. The Bertz CT molecular complexity index is 1810. The van der Waals surface area contributed by atoms with E-state index in [4.69, 9.17) is 4.84 Å². The fraction of sp³-hybridized carbons (Fsp3) is 0.188. The Kier molecular flexibility index (Phi) is 7.30. The van der Waals surface area contributed by atoms with Crippen molar-refractivity contribution in [2.45, 2.75) is 19.3 Å². The molecule has 6 rings (SSSR count). The summed E-state index contributed by atoms with van der Waals surface area (Å²) in [7, 11) is 0. The van der Waals surface area contributed by atoms with Gasteiger partial charge in [-0.25, -0.2) is 9.59 Å². The molecule has 4 aromatic rings. The Morgan fingerprint density at radius 1 is 0.841 bits per heavy atom. The molecule has 0 spiro atoms. The number of nitrogens with zero attached hydrogens (tertiary/aromatic N) is 3. The van der Waals surface area contributed by atoms with Gasteiger partial charge in [-0.1, -0.05) is 48.6 Å². The predicted octanol–water partition coefficient (Wildman–Crippen LogP) is 4.89. The summed E-state index contributed by atoms with van der Waals surface area (Å²) in [5, 5.41) is 0.874. The third-order valence-corrected chi connectivity index (χ3v) is 7.74. The van der Waals surface area contributed by atoms with Crippen LogP contribution in [0, 0.1) is 0 Å². The molecule has 3 heterocycles. The van der Waals surface area contributed by atoms with Gasteiger partial charge < -0.3 is 14.8 Å². The van der Waals surface area contributed by atoms with Crippen molar-refractivity contribution in [1.82, 2.24) is 19.4 Å². The summed E-state index contributed by atoms with van der Waals surface area (Å²) >= 11 is 0. The number of rotatable bonds is 5. The van der Waals surface area contributed by atoms with Crippen LogP contribution < -0.4 is 4.65 Å². The number of nitrogens with one attached hydrogen (secondary N) is 1. The van der Waals surface area contributed by atoms with E-state index in [1.165, 1.54) is 41.3 Å². The highest BCUT2D eigenvalue weighted by Crippen LogP contribution is 2.37. The number of carbonyl (C=O) groups is 4. The highest BCUT2D eigenvalue weighted by Gasteiger charge is 2.55. The number of carbonyl (C=O) groups excluding carboxylic acids is 4. The molecule has 9 nitrogen and oxygen atoms in total. The molecule has 3 aromatic carbocycles. The molecule has 0 saturated carbocycles. The van der Waals surface area contributed by atoms with E-state index in [1.807, 2.05) is 18.2 Å². The molecule has 0 aliphatic carbocycles. The largest absolute Gasteiger partial charge is 0.497 e. The summed E-state index contributed by atoms with van der Waals surface area (Å²) in [5.74, 6) is -4.25. The summed E-state index contributed by atoms with van der Waals surface area (Å²) in [6.45, 7) is -0.334. The van der Waals surface area contributed by atoms with Gasteiger partial charge in [-0.05, 0) is 40.4 Å². The molecule has 2 aliphatic heterocycles. The van der Waals surface area contributed by atoms with Crippen LogP contribution in [0.3, 0.4) is 0 Å². The van der Waals surface area contributed by atoms with E-state index >= 15 is 0 Å². The van der Waals surface area contributed by atoms with Gasteiger partial charge in [-0.3, -0.25) is 14.4 Å². The van der Waals surface area contributed by atoms with Gasteiger partial charge in [0.25, 0.3) is 11.8 Å². The molecule has 1 unspecified atom stereocenters. The van der Waals surface area contributed by atoms with Crippen molar-refractivity contribution in [2.24, 2.45) is 0 Å². The molecule has 0 bridgehead atoms. The van der Waals surface area contributed by atoms with E-state index in [2.05, 4.69) is 4.98 Å². The van der Waals surface area contributed by atoms with Crippen LogP contribution in [0.15, 0.2) is 91.1 Å². The van der Waals surface area contributed by atoms with Crippen molar-refractivity contribution in [2.75, 3.05) is 19.6 Å². The van der Waals surface area contributed by atoms with E-state index in [0.29, 0.717) is 35.3 Å². The number of hydroxylamine groups is 2. The van der Waals surface area contributed by atoms with Crippen LogP contribution in [-0.4, -0.2) is 64.3 Å². The maximum Gasteiger partial charge on any atom is 0.497 e. The fourth-order valence-corrected chi connectivity index (χ4v) is 5.51. The molecule has 1 aromatic heterocycles. The Hall–Kier alpha value is -5.23. The Labute approximate surface area is 249 Å². The Balaban J connectivity index is 1.38. The molecule has 3 amide bonds. The molecular weight excluding hydrogens is 577 g/mol. The van der Waals surface area contributed by atoms with Crippen LogP contribution in [-0.2, 0) is 27.5 Å². The average Bonchev–Trinajstić information content (AvgIpc) is 3.70. The van der Waals surface area contributed by atoms with Crippen LogP contribution in [0.1, 0.15) is 31.8 Å². The van der Waals surface area contributed by atoms with Crippen molar-refractivity contribution >= 4 is 40.3 Å². The van der Waals surface area contributed by atoms with E-state index < -0.39 is 41.7 Å². The molecule has 2 aliphatic rings. The minimum Gasteiger partial charge on any atom is -0.361 e. The van der Waals surface area contributed by atoms with E-state index in [-0.39, 0.29) is 23.7 Å². The van der Waals surface area contributed by atoms with Gasteiger partial charge in [0.05, 0.1) is 6.54 Å². The van der Waals surface area contributed by atoms with Gasteiger partial charge in [0.15, 0.2) is 12.2 Å². The number of hydrogen-bond acceptors (Lipinski definition) is 5. The van der Waals surface area contributed by atoms with Crippen LogP contribution >= 0.6 is 0 Å². The van der Waals surface area contributed by atoms with Gasteiger partial charge in [-0.15, -0.1) is 0 Å². The van der Waals surface area contributed by atoms with E-state index in [0.717, 1.165) is 5.39 Å². The van der Waals surface area contributed by atoms with Gasteiger partial charge >= 0.3 is 18.1 Å². The lowest BCUT2D eigenvalue weighted by atomic mass is 10.1. The van der Waals surface area contributed by atoms with Gasteiger partial charge in [0.2, 0.25) is 0 Å². The number of aromatic amines is 1. The van der Waals surface area contributed by atoms with Crippen molar-refractivity contribution < 1.29 is 37.2 Å². The summed E-state index contributed by atoms with van der Waals surface area (Å²) in [6.07, 6.45) is 0.0550. The van der Waals surface area contributed by atoms with Gasteiger partial charge in [-0.2, -0.15) is 13.2 Å². The first-order chi connectivity index (χ1) is 21.0. The fourth-order valence-electron chi connectivity index (χ4n) is 5.51. The molecule has 1 atom stereocenters. The lowest BCUT2D eigenvalue weighted by Gasteiger charge is -2.31. The zero-order chi connectivity index (χ0) is 31.1. The minimum absolute atomic E-state index is 0.00601. The maximum atomic E-state index is 14.1. The molecule has 44 heavy (non-hydrogen) atoms. The molecule has 0 saturated heterocycles. The summed E-state index contributed by atoms with van der Waals surface area (Å²) < 4.78 is 39.4. The van der Waals surface area contributed by atoms with Crippen LogP contribution in [0.2, 0.25) is 0 Å². The number of aromatic nitrogens is 1. The second-order valence-electron chi connectivity index (χ2n) is 10.6. The Morgan fingerprint density at radius 2 is 1.52 bits per heavy atom. The number of H-pyrrole nitrogens is 1. The normalized spacial score (nSPS) is 18.3.